The quantitative estimate of drug-likeness (QED) is 0.554. The fourth-order valence-electron chi connectivity index (χ4n) is 3.30. The van der Waals surface area contributed by atoms with E-state index in [0.717, 1.165) is 5.56 Å². The predicted molar refractivity (Wildman–Crippen MR) is 118 cm³/mol. The van der Waals surface area contributed by atoms with E-state index in [1.165, 1.54) is 11.1 Å². The minimum atomic E-state index is -0.0170. The number of carbonyl (C=O) groups excluding carboxylic acids is 1. The number of benzene rings is 3. The minimum absolute atomic E-state index is 0.0170. The normalized spacial score (nSPS) is 10.6. The highest BCUT2D eigenvalue weighted by atomic mass is 16.5. The molecule has 0 aliphatic carbocycles. The molecule has 0 saturated heterocycles. The molecule has 0 bridgehead atoms. The third kappa shape index (κ3) is 6.36. The molecular weight excluding hydrogens is 376 g/mol. The number of carbonyl (C=O) groups is 1. The molecule has 0 unspecified atom stereocenters. The van der Waals surface area contributed by atoms with E-state index in [9.17, 15) is 4.79 Å². The lowest BCUT2D eigenvalue weighted by Crippen LogP contribution is -2.36. The van der Waals surface area contributed by atoms with Crippen molar-refractivity contribution in [1.82, 2.24) is 10.2 Å². The summed E-state index contributed by atoms with van der Waals surface area (Å²) in [6.45, 7) is 2.17. The lowest BCUT2D eigenvalue weighted by atomic mass is 10.1. The average Bonchev–Trinajstić information content (AvgIpc) is 2.78. The lowest BCUT2D eigenvalue weighted by Gasteiger charge is -2.22. The number of nitrogens with zero attached hydrogens (tertiary/aromatic N) is 1. The SMILES string of the molecule is COc1ccc(CNC(=O)CN(Cc2ccccc2)Cc2ccccc2)cc1OC. The first-order valence-electron chi connectivity index (χ1n) is 9.95. The van der Waals surface area contributed by atoms with Crippen molar-refractivity contribution < 1.29 is 14.3 Å². The molecule has 5 heteroatoms. The van der Waals surface area contributed by atoms with Gasteiger partial charge < -0.3 is 14.8 Å². The van der Waals surface area contributed by atoms with Crippen LogP contribution in [0.5, 0.6) is 11.5 Å². The van der Waals surface area contributed by atoms with Crippen LogP contribution in [0.2, 0.25) is 0 Å². The zero-order valence-corrected chi connectivity index (χ0v) is 17.5. The minimum Gasteiger partial charge on any atom is -0.493 e. The number of ether oxygens (including phenoxy) is 2. The van der Waals surface area contributed by atoms with Crippen LogP contribution in [-0.2, 0) is 24.4 Å². The molecule has 5 nitrogen and oxygen atoms in total. The summed E-state index contributed by atoms with van der Waals surface area (Å²) in [4.78, 5) is 14.8. The summed E-state index contributed by atoms with van der Waals surface area (Å²) in [6.07, 6.45) is 0. The Morgan fingerprint density at radius 1 is 0.767 bits per heavy atom. The van der Waals surface area contributed by atoms with E-state index >= 15 is 0 Å². The highest BCUT2D eigenvalue weighted by Gasteiger charge is 2.13. The maximum absolute atomic E-state index is 12.7. The third-order valence-electron chi connectivity index (χ3n) is 4.80. The molecule has 0 aliphatic rings. The van der Waals surface area contributed by atoms with Crippen molar-refractivity contribution in [2.24, 2.45) is 0 Å². The van der Waals surface area contributed by atoms with Crippen molar-refractivity contribution >= 4 is 5.91 Å². The van der Waals surface area contributed by atoms with Gasteiger partial charge in [0.05, 0.1) is 20.8 Å². The van der Waals surface area contributed by atoms with Crippen molar-refractivity contribution in [3.8, 4) is 11.5 Å². The summed E-state index contributed by atoms with van der Waals surface area (Å²) in [7, 11) is 3.21. The largest absolute Gasteiger partial charge is 0.493 e. The molecule has 1 amide bonds. The molecule has 3 aromatic carbocycles. The summed E-state index contributed by atoms with van der Waals surface area (Å²) in [5.74, 6) is 1.31. The fraction of sp³-hybridized carbons (Fsp3) is 0.240. The first-order chi connectivity index (χ1) is 14.7. The Hall–Kier alpha value is -3.31. The van der Waals surface area contributed by atoms with Crippen molar-refractivity contribution in [2.75, 3.05) is 20.8 Å². The van der Waals surface area contributed by atoms with Crippen molar-refractivity contribution in [1.29, 1.82) is 0 Å². The van der Waals surface area contributed by atoms with Gasteiger partial charge in [-0.3, -0.25) is 9.69 Å². The molecule has 0 saturated carbocycles. The smallest absolute Gasteiger partial charge is 0.234 e. The molecule has 1 N–H and O–H groups in total. The number of amides is 1. The highest BCUT2D eigenvalue weighted by Crippen LogP contribution is 2.27. The number of rotatable bonds is 10. The Morgan fingerprint density at radius 3 is 1.87 bits per heavy atom. The Labute approximate surface area is 178 Å². The van der Waals surface area contributed by atoms with Gasteiger partial charge in [-0.15, -0.1) is 0 Å². The molecule has 0 atom stereocenters. The monoisotopic (exact) mass is 404 g/mol. The van der Waals surface area contributed by atoms with Crippen LogP contribution in [0.3, 0.4) is 0 Å². The van der Waals surface area contributed by atoms with Crippen LogP contribution in [0.1, 0.15) is 16.7 Å². The molecule has 30 heavy (non-hydrogen) atoms. The van der Waals surface area contributed by atoms with Crippen LogP contribution in [0.4, 0.5) is 0 Å². The van der Waals surface area contributed by atoms with Crippen molar-refractivity contribution in [3.63, 3.8) is 0 Å². The zero-order valence-electron chi connectivity index (χ0n) is 17.5. The van der Waals surface area contributed by atoms with Gasteiger partial charge in [0.2, 0.25) is 5.91 Å². The van der Waals surface area contributed by atoms with Gasteiger partial charge in [0, 0.05) is 19.6 Å². The third-order valence-corrected chi connectivity index (χ3v) is 4.80. The van der Waals surface area contributed by atoms with E-state index in [2.05, 4.69) is 34.5 Å². The Bertz CT molecular complexity index is 888. The van der Waals surface area contributed by atoms with E-state index in [4.69, 9.17) is 9.47 Å². The average molecular weight is 405 g/mol. The number of hydrogen-bond acceptors (Lipinski definition) is 4. The number of methoxy groups -OCH3 is 2. The van der Waals surface area contributed by atoms with Crippen LogP contribution in [0.15, 0.2) is 78.9 Å². The lowest BCUT2D eigenvalue weighted by molar-refractivity contribution is -0.122. The predicted octanol–water partition coefficient (Wildman–Crippen LogP) is 4.02. The summed E-state index contributed by atoms with van der Waals surface area (Å²) >= 11 is 0. The molecule has 0 fully saturated rings. The maximum atomic E-state index is 12.7. The van der Waals surface area contributed by atoms with Crippen LogP contribution in [0.25, 0.3) is 0 Å². The van der Waals surface area contributed by atoms with Crippen LogP contribution >= 0.6 is 0 Å². The van der Waals surface area contributed by atoms with Gasteiger partial charge in [-0.25, -0.2) is 0 Å². The van der Waals surface area contributed by atoms with E-state index in [-0.39, 0.29) is 5.91 Å². The summed E-state index contributed by atoms with van der Waals surface area (Å²) in [6, 6.07) is 26.1. The second kappa shape index (κ2) is 11.0. The van der Waals surface area contributed by atoms with Gasteiger partial charge in [-0.2, -0.15) is 0 Å². The summed E-state index contributed by atoms with van der Waals surface area (Å²) in [5, 5.41) is 3.01. The second-order valence-electron chi connectivity index (χ2n) is 7.08. The van der Waals surface area contributed by atoms with E-state index < -0.39 is 0 Å². The van der Waals surface area contributed by atoms with Crippen molar-refractivity contribution in [2.45, 2.75) is 19.6 Å². The van der Waals surface area contributed by atoms with E-state index in [0.29, 0.717) is 37.7 Å². The second-order valence-corrected chi connectivity index (χ2v) is 7.08. The highest BCUT2D eigenvalue weighted by molar-refractivity contribution is 5.78. The van der Waals surface area contributed by atoms with Gasteiger partial charge >= 0.3 is 0 Å². The molecule has 0 aliphatic heterocycles. The molecule has 3 rings (SSSR count). The van der Waals surface area contributed by atoms with Gasteiger partial charge in [0.25, 0.3) is 0 Å². The zero-order chi connectivity index (χ0) is 21.2. The van der Waals surface area contributed by atoms with Gasteiger partial charge in [-0.1, -0.05) is 66.7 Å². The standard InChI is InChI=1S/C25H28N2O3/c1-29-23-14-13-22(15-24(23)30-2)16-26-25(28)19-27(17-20-9-5-3-6-10-20)18-21-11-7-4-8-12-21/h3-15H,16-19H2,1-2H3,(H,26,28). The van der Waals surface area contributed by atoms with Crippen LogP contribution in [0, 0.1) is 0 Å². The van der Waals surface area contributed by atoms with Crippen LogP contribution in [-0.4, -0.2) is 31.6 Å². The molecule has 0 radical (unpaired) electrons. The molecule has 0 spiro atoms. The number of hydrogen-bond donors (Lipinski definition) is 1. The van der Waals surface area contributed by atoms with Gasteiger partial charge in [-0.05, 0) is 28.8 Å². The molecular formula is C25H28N2O3. The van der Waals surface area contributed by atoms with Crippen molar-refractivity contribution in [3.05, 3.63) is 95.6 Å². The first kappa shape index (κ1) is 21.4. The molecule has 0 aromatic heterocycles. The van der Waals surface area contributed by atoms with Gasteiger partial charge in [0.1, 0.15) is 0 Å². The molecule has 156 valence electrons. The Balaban J connectivity index is 1.62. The summed E-state index contributed by atoms with van der Waals surface area (Å²) in [5.41, 5.74) is 3.32. The summed E-state index contributed by atoms with van der Waals surface area (Å²) < 4.78 is 10.6. The first-order valence-corrected chi connectivity index (χ1v) is 9.95. The number of nitrogens with one attached hydrogen (secondary N) is 1. The van der Waals surface area contributed by atoms with E-state index in [1.807, 2.05) is 54.6 Å². The fourth-order valence-corrected chi connectivity index (χ4v) is 3.30. The molecule has 3 aromatic rings. The molecule has 0 heterocycles. The maximum Gasteiger partial charge on any atom is 0.234 e. The van der Waals surface area contributed by atoms with E-state index in [1.54, 1.807) is 14.2 Å². The Morgan fingerprint density at radius 2 is 1.33 bits per heavy atom. The Kier molecular flexibility index (Phi) is 7.86. The van der Waals surface area contributed by atoms with Gasteiger partial charge in [0.15, 0.2) is 11.5 Å². The van der Waals surface area contributed by atoms with Crippen LogP contribution < -0.4 is 14.8 Å². The topological polar surface area (TPSA) is 50.8 Å².